The zero-order chi connectivity index (χ0) is 12.8. The molecular weight excluding hydrogens is 214 g/mol. The number of nitrogens with one attached hydrogen (secondary N) is 1. The van der Waals surface area contributed by atoms with Crippen molar-refractivity contribution in [2.75, 3.05) is 6.61 Å². The lowest BCUT2D eigenvalue weighted by molar-refractivity contribution is -0.145. The van der Waals surface area contributed by atoms with Crippen molar-refractivity contribution in [2.24, 2.45) is 0 Å². The minimum Gasteiger partial charge on any atom is -0.465 e. The zero-order valence-corrected chi connectivity index (χ0v) is 11.0. The first-order valence-corrected chi connectivity index (χ1v) is 6.03. The first-order valence-electron chi connectivity index (χ1n) is 6.03. The largest absolute Gasteiger partial charge is 0.465 e. The maximum atomic E-state index is 11.5. The Kier molecular flexibility index (Phi) is 5.16. The lowest BCUT2D eigenvalue weighted by Crippen LogP contribution is -2.37. The Labute approximate surface area is 103 Å². The molecule has 17 heavy (non-hydrogen) atoms. The molecule has 3 heteroatoms. The van der Waals surface area contributed by atoms with Gasteiger partial charge in [-0.25, -0.2) is 0 Å². The summed E-state index contributed by atoms with van der Waals surface area (Å²) in [6, 6.07) is 8.14. The average Bonchev–Trinajstić information content (AvgIpc) is 2.30. The average molecular weight is 235 g/mol. The second-order valence-electron chi connectivity index (χ2n) is 4.27. The van der Waals surface area contributed by atoms with Crippen molar-refractivity contribution in [3.63, 3.8) is 0 Å². The molecule has 2 atom stereocenters. The number of rotatable bonds is 5. The molecule has 1 unspecified atom stereocenters. The summed E-state index contributed by atoms with van der Waals surface area (Å²) < 4.78 is 4.96. The molecule has 1 aromatic carbocycles. The predicted octanol–water partition coefficient (Wildman–Crippen LogP) is 2.60. The van der Waals surface area contributed by atoms with Crippen LogP contribution in [0.5, 0.6) is 0 Å². The molecule has 0 aliphatic rings. The molecule has 0 aromatic heterocycles. The summed E-state index contributed by atoms with van der Waals surface area (Å²) in [6.45, 7) is 8.16. The van der Waals surface area contributed by atoms with Gasteiger partial charge >= 0.3 is 5.97 Å². The summed E-state index contributed by atoms with van der Waals surface area (Å²) in [5, 5.41) is 3.23. The minimum atomic E-state index is -0.286. The topological polar surface area (TPSA) is 38.3 Å². The second-order valence-corrected chi connectivity index (χ2v) is 4.27. The number of ether oxygens (including phenoxy) is 1. The number of esters is 1. The Morgan fingerprint density at radius 2 is 1.88 bits per heavy atom. The molecule has 0 heterocycles. The van der Waals surface area contributed by atoms with E-state index in [4.69, 9.17) is 4.74 Å². The van der Waals surface area contributed by atoms with Crippen LogP contribution in [0.2, 0.25) is 0 Å². The minimum absolute atomic E-state index is 0.134. The monoisotopic (exact) mass is 235 g/mol. The van der Waals surface area contributed by atoms with E-state index in [9.17, 15) is 4.79 Å². The van der Waals surface area contributed by atoms with Gasteiger partial charge in [0.1, 0.15) is 6.04 Å². The van der Waals surface area contributed by atoms with Crippen LogP contribution in [0, 0.1) is 6.92 Å². The van der Waals surface area contributed by atoms with E-state index in [1.807, 2.05) is 20.8 Å². The molecule has 3 nitrogen and oxygen atoms in total. The van der Waals surface area contributed by atoms with Crippen LogP contribution < -0.4 is 5.32 Å². The van der Waals surface area contributed by atoms with Crippen molar-refractivity contribution in [3.8, 4) is 0 Å². The third-order valence-corrected chi connectivity index (χ3v) is 2.72. The van der Waals surface area contributed by atoms with Gasteiger partial charge in [0.15, 0.2) is 0 Å². The summed E-state index contributed by atoms with van der Waals surface area (Å²) in [4.78, 5) is 11.5. The van der Waals surface area contributed by atoms with Crippen LogP contribution in [0.3, 0.4) is 0 Å². The van der Waals surface area contributed by atoms with E-state index < -0.39 is 0 Å². The molecule has 0 bridgehead atoms. The van der Waals surface area contributed by atoms with Gasteiger partial charge in [-0.2, -0.15) is 0 Å². The fourth-order valence-electron chi connectivity index (χ4n) is 1.66. The van der Waals surface area contributed by atoms with Gasteiger partial charge in [-0.1, -0.05) is 29.8 Å². The Hall–Kier alpha value is -1.35. The van der Waals surface area contributed by atoms with E-state index in [1.54, 1.807) is 0 Å². The normalized spacial score (nSPS) is 14.1. The molecular formula is C14H21NO2. The molecule has 0 spiro atoms. The maximum absolute atomic E-state index is 11.5. The van der Waals surface area contributed by atoms with Gasteiger partial charge in [-0.05, 0) is 33.3 Å². The predicted molar refractivity (Wildman–Crippen MR) is 68.8 cm³/mol. The maximum Gasteiger partial charge on any atom is 0.322 e. The molecule has 1 aromatic rings. The van der Waals surface area contributed by atoms with E-state index in [-0.39, 0.29) is 18.1 Å². The summed E-state index contributed by atoms with van der Waals surface area (Å²) in [6.07, 6.45) is 0. The Morgan fingerprint density at radius 1 is 1.29 bits per heavy atom. The Bertz CT molecular complexity index is 359. The lowest BCUT2D eigenvalue weighted by atomic mass is 10.1. The van der Waals surface area contributed by atoms with Crippen molar-refractivity contribution >= 4 is 5.97 Å². The highest BCUT2D eigenvalue weighted by atomic mass is 16.5. The van der Waals surface area contributed by atoms with E-state index in [1.165, 1.54) is 11.1 Å². The molecule has 0 radical (unpaired) electrons. The van der Waals surface area contributed by atoms with Crippen LogP contribution in [0.1, 0.15) is 37.9 Å². The van der Waals surface area contributed by atoms with E-state index in [0.29, 0.717) is 6.61 Å². The second kappa shape index (κ2) is 6.40. The standard InChI is InChI=1S/C14H21NO2/c1-5-17-14(16)12(4)15-11(3)13-8-6-10(2)7-9-13/h6-9,11-12,15H,5H2,1-4H3/t11-,12?/m1/s1. The van der Waals surface area contributed by atoms with Gasteiger partial charge < -0.3 is 4.74 Å². The van der Waals surface area contributed by atoms with Crippen molar-refractivity contribution in [1.82, 2.24) is 5.32 Å². The van der Waals surface area contributed by atoms with Crippen molar-refractivity contribution < 1.29 is 9.53 Å². The van der Waals surface area contributed by atoms with Gasteiger partial charge in [0.2, 0.25) is 0 Å². The fraction of sp³-hybridized carbons (Fsp3) is 0.500. The molecule has 0 saturated carbocycles. The molecule has 1 N–H and O–H groups in total. The molecule has 0 saturated heterocycles. The smallest absolute Gasteiger partial charge is 0.322 e. The number of carbonyl (C=O) groups is 1. The van der Waals surface area contributed by atoms with Crippen LogP contribution in [0.15, 0.2) is 24.3 Å². The van der Waals surface area contributed by atoms with Crippen LogP contribution in [0.4, 0.5) is 0 Å². The van der Waals surface area contributed by atoms with E-state index >= 15 is 0 Å². The van der Waals surface area contributed by atoms with Crippen molar-refractivity contribution in [2.45, 2.75) is 39.8 Å². The quantitative estimate of drug-likeness (QED) is 0.797. The molecule has 94 valence electrons. The lowest BCUT2D eigenvalue weighted by Gasteiger charge is -2.19. The summed E-state index contributed by atoms with van der Waals surface area (Å²) >= 11 is 0. The van der Waals surface area contributed by atoms with Crippen LogP contribution in [-0.4, -0.2) is 18.6 Å². The van der Waals surface area contributed by atoms with Crippen LogP contribution in [-0.2, 0) is 9.53 Å². The van der Waals surface area contributed by atoms with Crippen LogP contribution in [0.25, 0.3) is 0 Å². The first-order chi connectivity index (χ1) is 8.04. The van der Waals surface area contributed by atoms with Gasteiger partial charge in [-0.3, -0.25) is 10.1 Å². The third kappa shape index (κ3) is 4.19. The Balaban J connectivity index is 2.56. The van der Waals surface area contributed by atoms with Gasteiger partial charge in [0.05, 0.1) is 6.61 Å². The summed E-state index contributed by atoms with van der Waals surface area (Å²) in [7, 11) is 0. The molecule has 0 aliphatic carbocycles. The molecule has 0 amide bonds. The summed E-state index contributed by atoms with van der Waals surface area (Å²) in [5.41, 5.74) is 2.41. The number of carbonyl (C=O) groups excluding carboxylic acids is 1. The number of benzene rings is 1. The van der Waals surface area contributed by atoms with E-state index in [0.717, 1.165) is 0 Å². The fourth-order valence-corrected chi connectivity index (χ4v) is 1.66. The van der Waals surface area contributed by atoms with Gasteiger partial charge in [0, 0.05) is 6.04 Å². The molecule has 0 fully saturated rings. The highest BCUT2D eigenvalue weighted by Crippen LogP contribution is 2.13. The number of hydrogen-bond donors (Lipinski definition) is 1. The highest BCUT2D eigenvalue weighted by Gasteiger charge is 2.16. The number of aryl methyl sites for hydroxylation is 1. The Morgan fingerprint density at radius 3 is 2.41 bits per heavy atom. The summed E-state index contributed by atoms with van der Waals surface area (Å²) in [5.74, 6) is -0.202. The van der Waals surface area contributed by atoms with Crippen LogP contribution >= 0.6 is 0 Å². The SMILES string of the molecule is CCOC(=O)C(C)N[C@H](C)c1ccc(C)cc1. The van der Waals surface area contributed by atoms with Crippen molar-refractivity contribution in [3.05, 3.63) is 35.4 Å². The molecule has 0 aliphatic heterocycles. The first kappa shape index (κ1) is 13.7. The zero-order valence-electron chi connectivity index (χ0n) is 11.0. The number of hydrogen-bond acceptors (Lipinski definition) is 3. The van der Waals surface area contributed by atoms with E-state index in [2.05, 4.69) is 36.5 Å². The highest BCUT2D eigenvalue weighted by molar-refractivity contribution is 5.75. The van der Waals surface area contributed by atoms with Crippen molar-refractivity contribution in [1.29, 1.82) is 0 Å². The third-order valence-electron chi connectivity index (χ3n) is 2.72. The van der Waals surface area contributed by atoms with Gasteiger partial charge in [-0.15, -0.1) is 0 Å². The van der Waals surface area contributed by atoms with Gasteiger partial charge in [0.25, 0.3) is 0 Å². The molecule has 1 rings (SSSR count).